The van der Waals surface area contributed by atoms with E-state index in [-0.39, 0.29) is 5.91 Å². The number of hydrogen-bond acceptors (Lipinski definition) is 2. The van der Waals surface area contributed by atoms with Crippen molar-refractivity contribution in [1.29, 1.82) is 0 Å². The maximum Gasteiger partial charge on any atom is 0.230 e. The summed E-state index contributed by atoms with van der Waals surface area (Å²) in [6.07, 6.45) is 6.88. The van der Waals surface area contributed by atoms with Gasteiger partial charge in [-0.2, -0.15) is 0 Å². The van der Waals surface area contributed by atoms with E-state index in [9.17, 15) is 4.79 Å². The Morgan fingerprint density at radius 2 is 2.12 bits per heavy atom. The van der Waals surface area contributed by atoms with Crippen LogP contribution in [0.1, 0.15) is 31.9 Å². The van der Waals surface area contributed by atoms with E-state index < -0.39 is 5.41 Å². The molecule has 3 heteroatoms. The van der Waals surface area contributed by atoms with E-state index in [1.165, 1.54) is 0 Å². The van der Waals surface area contributed by atoms with E-state index in [1.54, 1.807) is 12.3 Å². The molecule has 1 N–H and O–H groups in total. The Hall–Kier alpha value is -1.82. The molecule has 0 bridgehead atoms. The molecular formula is C13H16N2O. The summed E-state index contributed by atoms with van der Waals surface area (Å²) < 4.78 is 0. The zero-order valence-electron chi connectivity index (χ0n) is 10.1. The molecule has 0 saturated heterocycles. The summed E-state index contributed by atoms with van der Waals surface area (Å²) in [5.41, 5.74) is 1.25. The van der Waals surface area contributed by atoms with Crippen LogP contribution in [-0.4, -0.2) is 10.9 Å². The number of hydrogen-bond donors (Lipinski definition) is 1. The molecule has 0 aliphatic heterocycles. The van der Waals surface area contributed by atoms with Gasteiger partial charge in [-0.25, -0.2) is 4.98 Å². The third-order valence-corrected chi connectivity index (χ3v) is 2.19. The van der Waals surface area contributed by atoms with Crippen LogP contribution in [0.5, 0.6) is 0 Å². The number of aromatic nitrogens is 1. The summed E-state index contributed by atoms with van der Waals surface area (Å²) in [6.45, 7) is 7.45. The first-order chi connectivity index (χ1) is 7.34. The molecule has 16 heavy (non-hydrogen) atoms. The van der Waals surface area contributed by atoms with Crippen molar-refractivity contribution in [2.24, 2.45) is 5.41 Å². The highest BCUT2D eigenvalue weighted by Gasteiger charge is 2.21. The van der Waals surface area contributed by atoms with Crippen LogP contribution >= 0.6 is 0 Å². The lowest BCUT2D eigenvalue weighted by Crippen LogP contribution is -2.28. The van der Waals surface area contributed by atoms with Gasteiger partial charge in [0.15, 0.2) is 0 Å². The molecule has 0 spiro atoms. The van der Waals surface area contributed by atoms with Crippen molar-refractivity contribution in [3.8, 4) is 12.3 Å². The van der Waals surface area contributed by atoms with Gasteiger partial charge in [-0.1, -0.05) is 26.7 Å². The molecule has 1 aromatic rings. The Labute approximate surface area is 96.3 Å². The summed E-state index contributed by atoms with van der Waals surface area (Å²) in [5, 5.41) is 2.76. The highest BCUT2D eigenvalue weighted by Crippen LogP contribution is 2.17. The van der Waals surface area contributed by atoms with Crippen LogP contribution in [-0.2, 0) is 4.79 Å². The van der Waals surface area contributed by atoms with Crippen LogP contribution in [0.4, 0.5) is 5.82 Å². The fourth-order valence-electron chi connectivity index (χ4n) is 1.08. The van der Waals surface area contributed by atoms with Crippen LogP contribution in [0.25, 0.3) is 0 Å². The number of nitrogens with one attached hydrogen (secondary N) is 1. The van der Waals surface area contributed by atoms with Gasteiger partial charge < -0.3 is 5.32 Å². The lowest BCUT2D eigenvalue weighted by Gasteiger charge is -2.17. The third kappa shape index (κ3) is 2.83. The number of pyridine rings is 1. The first-order valence-corrected chi connectivity index (χ1v) is 5.09. The number of amides is 1. The van der Waals surface area contributed by atoms with Crippen molar-refractivity contribution in [1.82, 2.24) is 4.98 Å². The van der Waals surface area contributed by atoms with Gasteiger partial charge in [-0.05, 0) is 18.6 Å². The molecule has 0 unspecified atom stereocenters. The second-order valence-electron chi connectivity index (χ2n) is 4.73. The molecule has 0 aromatic carbocycles. The molecule has 1 amide bonds. The summed E-state index contributed by atoms with van der Waals surface area (Å²) >= 11 is 0. The van der Waals surface area contributed by atoms with Crippen LogP contribution < -0.4 is 5.32 Å². The average molecular weight is 216 g/mol. The number of carbonyl (C=O) groups excluding carboxylic acids is 1. The lowest BCUT2D eigenvalue weighted by molar-refractivity contribution is -0.123. The number of rotatable bonds is 1. The predicted octanol–water partition coefficient (Wildman–Crippen LogP) is 2.36. The number of anilines is 1. The van der Waals surface area contributed by atoms with Gasteiger partial charge in [0.25, 0.3) is 0 Å². The van der Waals surface area contributed by atoms with Gasteiger partial charge in [-0.15, -0.1) is 6.42 Å². The van der Waals surface area contributed by atoms with Crippen molar-refractivity contribution in [2.45, 2.75) is 27.7 Å². The topological polar surface area (TPSA) is 42.0 Å². The largest absolute Gasteiger partial charge is 0.310 e. The minimum Gasteiger partial charge on any atom is -0.310 e. The Kier molecular flexibility index (Phi) is 3.34. The molecule has 1 rings (SSSR count). The van der Waals surface area contributed by atoms with Crippen molar-refractivity contribution >= 4 is 11.7 Å². The highest BCUT2D eigenvalue weighted by molar-refractivity contribution is 5.93. The summed E-state index contributed by atoms with van der Waals surface area (Å²) in [4.78, 5) is 15.8. The van der Waals surface area contributed by atoms with Gasteiger partial charge in [0, 0.05) is 17.2 Å². The predicted molar refractivity (Wildman–Crippen MR) is 65.0 cm³/mol. The van der Waals surface area contributed by atoms with Gasteiger partial charge in [-0.3, -0.25) is 4.79 Å². The summed E-state index contributed by atoms with van der Waals surface area (Å²) in [6, 6.07) is 1.78. The third-order valence-electron chi connectivity index (χ3n) is 2.19. The van der Waals surface area contributed by atoms with Crippen molar-refractivity contribution in [3.63, 3.8) is 0 Å². The molecule has 3 nitrogen and oxygen atoms in total. The molecule has 1 aromatic heterocycles. The second-order valence-corrected chi connectivity index (χ2v) is 4.73. The van der Waals surface area contributed by atoms with Crippen molar-refractivity contribution in [2.75, 3.05) is 5.32 Å². The molecular weight excluding hydrogens is 200 g/mol. The minimum atomic E-state index is -0.430. The van der Waals surface area contributed by atoms with E-state index in [1.807, 2.05) is 27.7 Å². The van der Waals surface area contributed by atoms with Crippen LogP contribution in [0.3, 0.4) is 0 Å². The molecule has 0 fully saturated rings. The van der Waals surface area contributed by atoms with E-state index in [4.69, 9.17) is 6.42 Å². The van der Waals surface area contributed by atoms with Crippen LogP contribution in [0, 0.1) is 24.7 Å². The smallest absolute Gasteiger partial charge is 0.230 e. The van der Waals surface area contributed by atoms with Gasteiger partial charge >= 0.3 is 0 Å². The fraction of sp³-hybridized carbons (Fsp3) is 0.385. The van der Waals surface area contributed by atoms with Gasteiger partial charge in [0.05, 0.1) is 0 Å². The molecule has 0 aliphatic carbocycles. The normalized spacial score (nSPS) is 10.7. The molecule has 0 aliphatic rings. The maximum atomic E-state index is 11.7. The molecule has 1 heterocycles. The van der Waals surface area contributed by atoms with Crippen LogP contribution in [0.2, 0.25) is 0 Å². The number of terminal acetylenes is 1. The SMILES string of the molecule is C#Cc1cnc(NC(=O)C(C)(C)C)cc1C. The maximum absolute atomic E-state index is 11.7. The Morgan fingerprint density at radius 1 is 1.50 bits per heavy atom. The number of nitrogens with zero attached hydrogens (tertiary/aromatic N) is 1. The second kappa shape index (κ2) is 4.36. The Morgan fingerprint density at radius 3 is 2.56 bits per heavy atom. The minimum absolute atomic E-state index is 0.0622. The quantitative estimate of drug-likeness (QED) is 0.732. The van der Waals surface area contributed by atoms with E-state index in [0.717, 1.165) is 11.1 Å². The Balaban J connectivity index is 2.89. The standard InChI is InChI=1S/C13H16N2O/c1-6-10-8-14-11(7-9(10)2)15-12(16)13(3,4)5/h1,7-8H,2-5H3,(H,14,15,16). The zero-order chi connectivity index (χ0) is 12.3. The monoisotopic (exact) mass is 216 g/mol. The summed E-state index contributed by atoms with van der Waals surface area (Å²) in [5.74, 6) is 3.01. The van der Waals surface area contributed by atoms with E-state index >= 15 is 0 Å². The van der Waals surface area contributed by atoms with Crippen molar-refractivity contribution < 1.29 is 4.79 Å². The van der Waals surface area contributed by atoms with Crippen LogP contribution in [0.15, 0.2) is 12.3 Å². The first-order valence-electron chi connectivity index (χ1n) is 5.09. The number of carbonyl (C=O) groups is 1. The zero-order valence-corrected chi connectivity index (χ0v) is 10.1. The van der Waals surface area contributed by atoms with E-state index in [2.05, 4.69) is 16.2 Å². The highest BCUT2D eigenvalue weighted by atomic mass is 16.2. The molecule has 0 saturated carbocycles. The molecule has 0 radical (unpaired) electrons. The lowest BCUT2D eigenvalue weighted by atomic mass is 9.96. The molecule has 84 valence electrons. The first kappa shape index (κ1) is 12.3. The van der Waals surface area contributed by atoms with Gasteiger partial charge in [0.2, 0.25) is 5.91 Å². The fourth-order valence-corrected chi connectivity index (χ4v) is 1.08. The van der Waals surface area contributed by atoms with E-state index in [0.29, 0.717) is 5.82 Å². The number of aryl methyl sites for hydroxylation is 1. The Bertz CT molecular complexity index is 450. The van der Waals surface area contributed by atoms with Gasteiger partial charge in [0.1, 0.15) is 5.82 Å². The average Bonchev–Trinajstić information content (AvgIpc) is 2.16. The van der Waals surface area contributed by atoms with Crippen molar-refractivity contribution in [3.05, 3.63) is 23.4 Å². The molecule has 0 atom stereocenters. The summed E-state index contributed by atoms with van der Waals surface area (Å²) in [7, 11) is 0.